The molecule has 132 valence electrons. The van der Waals surface area contributed by atoms with Gasteiger partial charge in [0.2, 0.25) is 5.91 Å². The van der Waals surface area contributed by atoms with Crippen LogP contribution >= 0.6 is 23.4 Å². The van der Waals surface area contributed by atoms with Gasteiger partial charge < -0.3 is 5.32 Å². The van der Waals surface area contributed by atoms with E-state index >= 15 is 0 Å². The molecule has 26 heavy (non-hydrogen) atoms. The number of halogens is 2. The van der Waals surface area contributed by atoms with Crippen LogP contribution in [-0.2, 0) is 10.7 Å². The molecule has 1 aromatic heterocycles. The van der Waals surface area contributed by atoms with Crippen molar-refractivity contribution in [3.8, 4) is 0 Å². The number of benzene rings is 2. The van der Waals surface area contributed by atoms with Crippen LogP contribution in [0.15, 0.2) is 71.9 Å². The molecule has 0 bridgehead atoms. The lowest BCUT2D eigenvalue weighted by Crippen LogP contribution is -2.07. The van der Waals surface area contributed by atoms with E-state index in [-0.39, 0.29) is 16.5 Å². The Morgan fingerprint density at radius 1 is 1.23 bits per heavy atom. The first-order valence-corrected chi connectivity index (χ1v) is 9.11. The van der Waals surface area contributed by atoms with E-state index in [2.05, 4.69) is 10.4 Å². The van der Waals surface area contributed by atoms with Gasteiger partial charge >= 0.3 is 0 Å². The fourth-order valence-electron chi connectivity index (χ4n) is 2.17. The number of nitrogens with one attached hydrogen (secondary N) is 1. The summed E-state index contributed by atoms with van der Waals surface area (Å²) in [5, 5.41) is 7.14. The number of carbonyl (C=O) groups excluding carboxylic acids is 1. The lowest BCUT2D eigenvalue weighted by molar-refractivity contribution is -0.111. The monoisotopic (exact) mass is 387 g/mol. The SMILES string of the molecule is O=C(/C=C/c1c(F)cccc1Cl)Nc1cnn(CSc2ccccc2)c1. The molecule has 0 saturated heterocycles. The minimum Gasteiger partial charge on any atom is -0.320 e. The Hall–Kier alpha value is -2.57. The summed E-state index contributed by atoms with van der Waals surface area (Å²) < 4.78 is 15.4. The molecule has 0 aliphatic heterocycles. The van der Waals surface area contributed by atoms with Crippen molar-refractivity contribution in [3.63, 3.8) is 0 Å². The third kappa shape index (κ3) is 4.97. The Morgan fingerprint density at radius 2 is 2.04 bits per heavy atom. The van der Waals surface area contributed by atoms with E-state index in [0.717, 1.165) is 4.90 Å². The fourth-order valence-corrected chi connectivity index (χ4v) is 3.17. The van der Waals surface area contributed by atoms with Gasteiger partial charge in [-0.25, -0.2) is 4.39 Å². The molecule has 0 aliphatic carbocycles. The van der Waals surface area contributed by atoms with Crippen molar-refractivity contribution in [2.24, 2.45) is 0 Å². The van der Waals surface area contributed by atoms with Gasteiger partial charge in [0.05, 0.1) is 22.8 Å². The Bertz CT molecular complexity index is 907. The van der Waals surface area contributed by atoms with E-state index in [1.807, 2.05) is 30.3 Å². The summed E-state index contributed by atoms with van der Waals surface area (Å²) >= 11 is 7.56. The van der Waals surface area contributed by atoms with Gasteiger partial charge in [0.25, 0.3) is 0 Å². The molecule has 1 amide bonds. The van der Waals surface area contributed by atoms with Crippen LogP contribution in [0, 0.1) is 5.82 Å². The van der Waals surface area contributed by atoms with Crippen molar-refractivity contribution in [3.05, 3.63) is 83.4 Å². The summed E-state index contributed by atoms with van der Waals surface area (Å²) in [6.07, 6.45) is 5.88. The molecule has 0 spiro atoms. The molecule has 0 unspecified atom stereocenters. The maximum Gasteiger partial charge on any atom is 0.248 e. The van der Waals surface area contributed by atoms with Crippen LogP contribution in [0.1, 0.15) is 5.56 Å². The van der Waals surface area contributed by atoms with Gasteiger partial charge in [0.1, 0.15) is 5.82 Å². The van der Waals surface area contributed by atoms with Crippen molar-refractivity contribution in [1.82, 2.24) is 9.78 Å². The van der Waals surface area contributed by atoms with Crippen molar-refractivity contribution in [2.45, 2.75) is 10.8 Å². The second-order valence-corrected chi connectivity index (χ2v) is 6.74. The molecule has 3 aromatic rings. The third-order valence-electron chi connectivity index (χ3n) is 3.41. The van der Waals surface area contributed by atoms with Gasteiger partial charge in [-0.3, -0.25) is 9.48 Å². The number of aromatic nitrogens is 2. The van der Waals surface area contributed by atoms with E-state index in [4.69, 9.17) is 11.6 Å². The smallest absolute Gasteiger partial charge is 0.248 e. The second kappa shape index (κ2) is 8.69. The molecular formula is C19H15ClFN3OS. The van der Waals surface area contributed by atoms with E-state index in [1.54, 1.807) is 34.9 Å². The minimum absolute atomic E-state index is 0.180. The molecule has 0 fully saturated rings. The predicted octanol–water partition coefficient (Wildman–Crippen LogP) is 5.08. The van der Waals surface area contributed by atoms with Crippen LogP contribution in [-0.4, -0.2) is 15.7 Å². The Kier molecular flexibility index (Phi) is 6.09. The summed E-state index contributed by atoms with van der Waals surface area (Å²) in [5.74, 6) is -0.243. The topological polar surface area (TPSA) is 46.9 Å². The molecule has 3 rings (SSSR count). The quantitative estimate of drug-likeness (QED) is 0.474. The Labute approximate surface area is 159 Å². The van der Waals surface area contributed by atoms with Gasteiger partial charge in [0, 0.05) is 22.7 Å². The number of thioether (sulfide) groups is 1. The summed E-state index contributed by atoms with van der Waals surface area (Å²) in [6, 6.07) is 14.3. The molecular weight excluding hydrogens is 373 g/mol. The molecule has 1 heterocycles. The molecule has 7 heteroatoms. The number of hydrogen-bond donors (Lipinski definition) is 1. The molecule has 2 aromatic carbocycles. The number of carbonyl (C=O) groups is 1. The molecule has 4 nitrogen and oxygen atoms in total. The van der Waals surface area contributed by atoms with Crippen LogP contribution in [0.25, 0.3) is 6.08 Å². The Balaban J connectivity index is 1.57. The molecule has 1 N–H and O–H groups in total. The number of hydrogen-bond acceptors (Lipinski definition) is 3. The van der Waals surface area contributed by atoms with E-state index in [1.165, 1.54) is 24.3 Å². The summed E-state index contributed by atoms with van der Waals surface area (Å²) in [6.45, 7) is 0. The number of anilines is 1. The van der Waals surface area contributed by atoms with E-state index < -0.39 is 5.82 Å². The van der Waals surface area contributed by atoms with E-state index in [0.29, 0.717) is 11.6 Å². The highest BCUT2D eigenvalue weighted by atomic mass is 35.5. The van der Waals surface area contributed by atoms with Gasteiger partial charge in [0.15, 0.2) is 0 Å². The summed E-state index contributed by atoms with van der Waals surface area (Å²) in [5.41, 5.74) is 0.743. The zero-order chi connectivity index (χ0) is 18.4. The highest BCUT2D eigenvalue weighted by molar-refractivity contribution is 7.98. The molecule has 0 aliphatic rings. The zero-order valence-electron chi connectivity index (χ0n) is 13.6. The van der Waals surface area contributed by atoms with Gasteiger partial charge in [-0.1, -0.05) is 35.9 Å². The standard InChI is InChI=1S/C19H15ClFN3OS/c20-17-7-4-8-18(21)16(17)9-10-19(25)23-14-11-22-24(12-14)13-26-15-5-2-1-3-6-15/h1-12H,13H2,(H,23,25)/b10-9+. The lowest BCUT2D eigenvalue weighted by atomic mass is 10.2. The lowest BCUT2D eigenvalue weighted by Gasteiger charge is -2.01. The fraction of sp³-hybridized carbons (Fsp3) is 0.0526. The molecule has 0 atom stereocenters. The van der Waals surface area contributed by atoms with Crippen LogP contribution in [0.3, 0.4) is 0 Å². The van der Waals surface area contributed by atoms with Crippen LogP contribution in [0.5, 0.6) is 0 Å². The van der Waals surface area contributed by atoms with Crippen molar-refractivity contribution >= 4 is 41.0 Å². The Morgan fingerprint density at radius 3 is 2.81 bits per heavy atom. The average molecular weight is 388 g/mol. The van der Waals surface area contributed by atoms with Crippen molar-refractivity contribution < 1.29 is 9.18 Å². The highest BCUT2D eigenvalue weighted by Gasteiger charge is 2.05. The highest BCUT2D eigenvalue weighted by Crippen LogP contribution is 2.21. The number of rotatable bonds is 6. The average Bonchev–Trinajstić information content (AvgIpc) is 3.08. The van der Waals surface area contributed by atoms with Crippen LogP contribution < -0.4 is 5.32 Å². The number of nitrogens with zero attached hydrogens (tertiary/aromatic N) is 2. The number of amides is 1. The minimum atomic E-state index is -0.479. The van der Waals surface area contributed by atoms with Crippen LogP contribution in [0.4, 0.5) is 10.1 Å². The largest absolute Gasteiger partial charge is 0.320 e. The van der Waals surface area contributed by atoms with Crippen molar-refractivity contribution in [1.29, 1.82) is 0 Å². The van der Waals surface area contributed by atoms with Crippen LogP contribution in [0.2, 0.25) is 5.02 Å². The maximum absolute atomic E-state index is 13.7. The van der Waals surface area contributed by atoms with Gasteiger partial charge in [-0.05, 0) is 30.3 Å². The van der Waals surface area contributed by atoms with Crippen molar-refractivity contribution in [2.75, 3.05) is 5.32 Å². The van der Waals surface area contributed by atoms with E-state index in [9.17, 15) is 9.18 Å². The maximum atomic E-state index is 13.7. The zero-order valence-corrected chi connectivity index (χ0v) is 15.2. The van der Waals surface area contributed by atoms with Gasteiger partial charge in [-0.2, -0.15) is 5.10 Å². The summed E-state index contributed by atoms with van der Waals surface area (Å²) in [7, 11) is 0. The van der Waals surface area contributed by atoms with Gasteiger partial charge in [-0.15, -0.1) is 11.8 Å². The molecule has 0 saturated carbocycles. The second-order valence-electron chi connectivity index (χ2n) is 5.31. The molecule has 0 radical (unpaired) electrons. The normalized spacial score (nSPS) is 11.0. The summed E-state index contributed by atoms with van der Waals surface area (Å²) in [4.78, 5) is 13.1. The first kappa shape index (κ1) is 18.2. The first-order valence-electron chi connectivity index (χ1n) is 7.75. The third-order valence-corrected chi connectivity index (χ3v) is 4.74. The predicted molar refractivity (Wildman–Crippen MR) is 104 cm³/mol. The first-order chi connectivity index (χ1) is 12.6.